The van der Waals surface area contributed by atoms with E-state index in [0.29, 0.717) is 22.1 Å². The van der Waals surface area contributed by atoms with E-state index in [1.54, 1.807) is 25.3 Å². The number of methoxy groups -OCH3 is 1. The van der Waals surface area contributed by atoms with Crippen molar-refractivity contribution < 1.29 is 23.4 Å². The molecule has 7 heteroatoms. The molecule has 1 aromatic heterocycles. The highest BCUT2D eigenvalue weighted by Crippen LogP contribution is 2.43. The molecule has 0 bridgehead atoms. The second-order valence-corrected chi connectivity index (χ2v) is 11.5. The van der Waals surface area contributed by atoms with Gasteiger partial charge in [0.25, 0.3) is 0 Å². The van der Waals surface area contributed by atoms with E-state index in [0.717, 1.165) is 44.6 Å². The standard InChI is InChI=1S/C33H32FNO4S/c1-19-7-8-22(34)15-28(19)38-18-26-24(11-12-27-30(26)21(3)17-33(4,5)35-27)25-10-9-23(16-29(25)37-6)39-32(36)31-20(2)13-14-40-31/h7-17,35H,18H2,1-6H3. The summed E-state index contributed by atoms with van der Waals surface area (Å²) in [7, 11) is 1.59. The van der Waals surface area contributed by atoms with Gasteiger partial charge in [-0.1, -0.05) is 18.2 Å². The lowest BCUT2D eigenvalue weighted by atomic mass is 9.85. The first-order chi connectivity index (χ1) is 19.1. The highest BCUT2D eigenvalue weighted by Gasteiger charge is 2.27. The highest BCUT2D eigenvalue weighted by atomic mass is 32.1. The predicted octanol–water partition coefficient (Wildman–Crippen LogP) is 8.59. The fraction of sp³-hybridized carbons (Fsp3) is 0.242. The molecule has 0 amide bonds. The van der Waals surface area contributed by atoms with Gasteiger partial charge in [-0.15, -0.1) is 11.3 Å². The van der Waals surface area contributed by atoms with Gasteiger partial charge in [0.2, 0.25) is 0 Å². The molecule has 1 aliphatic heterocycles. The van der Waals surface area contributed by atoms with Crippen LogP contribution in [-0.2, 0) is 6.61 Å². The number of hydrogen-bond donors (Lipinski definition) is 1. The monoisotopic (exact) mass is 557 g/mol. The Morgan fingerprint density at radius 1 is 0.950 bits per heavy atom. The Morgan fingerprint density at radius 3 is 2.45 bits per heavy atom. The number of hydrogen-bond acceptors (Lipinski definition) is 6. The van der Waals surface area contributed by atoms with Gasteiger partial charge in [-0.05, 0) is 92.6 Å². The molecule has 0 fully saturated rings. The molecule has 1 N–H and O–H groups in total. The number of carbonyl (C=O) groups excluding carboxylic acids is 1. The van der Waals surface area contributed by atoms with Crippen LogP contribution in [0.2, 0.25) is 0 Å². The van der Waals surface area contributed by atoms with Gasteiger partial charge in [0.05, 0.1) is 12.6 Å². The molecule has 2 heterocycles. The molecule has 0 spiro atoms. The summed E-state index contributed by atoms with van der Waals surface area (Å²) >= 11 is 1.35. The predicted molar refractivity (Wildman–Crippen MR) is 159 cm³/mol. The molecule has 40 heavy (non-hydrogen) atoms. The number of allylic oxidation sites excluding steroid dienone is 1. The van der Waals surface area contributed by atoms with Gasteiger partial charge in [0.1, 0.15) is 34.5 Å². The molecule has 0 saturated carbocycles. The molecule has 0 radical (unpaired) electrons. The molecule has 3 aromatic carbocycles. The number of anilines is 1. The number of halogens is 1. The van der Waals surface area contributed by atoms with Crippen LogP contribution >= 0.6 is 11.3 Å². The number of aryl methyl sites for hydroxylation is 2. The molecule has 0 aliphatic carbocycles. The second-order valence-electron chi connectivity index (χ2n) is 10.6. The first-order valence-corrected chi connectivity index (χ1v) is 13.9. The van der Waals surface area contributed by atoms with E-state index in [2.05, 4.69) is 38.2 Å². The van der Waals surface area contributed by atoms with Crippen LogP contribution in [0.4, 0.5) is 10.1 Å². The summed E-state index contributed by atoms with van der Waals surface area (Å²) < 4.78 is 31.7. The molecular formula is C33H32FNO4S. The van der Waals surface area contributed by atoms with Crippen molar-refractivity contribution in [2.75, 3.05) is 12.4 Å². The Morgan fingerprint density at radius 2 is 1.73 bits per heavy atom. The van der Waals surface area contributed by atoms with Crippen molar-refractivity contribution in [1.82, 2.24) is 0 Å². The summed E-state index contributed by atoms with van der Waals surface area (Å²) in [6, 6.07) is 15.9. The first-order valence-electron chi connectivity index (χ1n) is 13.0. The van der Waals surface area contributed by atoms with E-state index >= 15 is 0 Å². The Kier molecular flexibility index (Phi) is 7.43. The third-order valence-electron chi connectivity index (χ3n) is 6.98. The maximum Gasteiger partial charge on any atom is 0.353 e. The van der Waals surface area contributed by atoms with Crippen LogP contribution < -0.4 is 19.5 Å². The van der Waals surface area contributed by atoms with Crippen LogP contribution in [-0.4, -0.2) is 18.6 Å². The number of nitrogens with one attached hydrogen (secondary N) is 1. The largest absolute Gasteiger partial charge is 0.496 e. The number of fused-ring (bicyclic) bond motifs is 1. The molecule has 0 saturated heterocycles. The zero-order valence-electron chi connectivity index (χ0n) is 23.5. The van der Waals surface area contributed by atoms with Gasteiger partial charge in [-0.25, -0.2) is 9.18 Å². The van der Waals surface area contributed by atoms with Crippen LogP contribution in [0.1, 0.15) is 52.7 Å². The third-order valence-corrected chi connectivity index (χ3v) is 7.98. The van der Waals surface area contributed by atoms with Crippen LogP contribution in [0, 0.1) is 19.7 Å². The lowest BCUT2D eigenvalue weighted by Crippen LogP contribution is -2.32. The molecule has 206 valence electrons. The zero-order valence-corrected chi connectivity index (χ0v) is 24.3. The van der Waals surface area contributed by atoms with E-state index in [4.69, 9.17) is 14.2 Å². The number of esters is 1. The molecule has 1 aliphatic rings. The van der Waals surface area contributed by atoms with Gasteiger partial charge in [0.15, 0.2) is 0 Å². The van der Waals surface area contributed by atoms with Gasteiger partial charge >= 0.3 is 5.97 Å². The molecular weight excluding hydrogens is 525 g/mol. The van der Waals surface area contributed by atoms with Crippen molar-refractivity contribution in [2.24, 2.45) is 0 Å². The number of benzene rings is 3. The normalized spacial score (nSPS) is 13.6. The fourth-order valence-corrected chi connectivity index (χ4v) is 5.97. The molecule has 5 rings (SSSR count). The molecule has 0 unspecified atom stereocenters. The quantitative estimate of drug-likeness (QED) is 0.182. The SMILES string of the molecule is COc1cc(OC(=O)c2sccc2C)ccc1-c1ccc2c(c1COc1cc(F)ccc1C)C(C)=CC(C)(C)N2. The second kappa shape index (κ2) is 10.8. The molecule has 5 nitrogen and oxygen atoms in total. The lowest BCUT2D eigenvalue weighted by molar-refractivity contribution is 0.0739. The number of carbonyl (C=O) groups is 1. The van der Waals surface area contributed by atoms with Crippen LogP contribution in [0.15, 0.2) is 66.1 Å². The van der Waals surface area contributed by atoms with E-state index in [9.17, 15) is 9.18 Å². The molecule has 4 aromatic rings. The summed E-state index contributed by atoms with van der Waals surface area (Å²) in [5, 5.41) is 5.47. The first kappa shape index (κ1) is 27.5. The maximum absolute atomic E-state index is 14.0. The molecule has 0 atom stereocenters. The van der Waals surface area contributed by atoms with Crippen molar-refractivity contribution in [1.29, 1.82) is 0 Å². The van der Waals surface area contributed by atoms with Gasteiger partial charge in [-0.3, -0.25) is 0 Å². The van der Waals surface area contributed by atoms with Crippen molar-refractivity contribution in [3.8, 4) is 28.4 Å². The van der Waals surface area contributed by atoms with Crippen molar-refractivity contribution in [3.05, 3.63) is 99.0 Å². The zero-order chi connectivity index (χ0) is 28.6. The highest BCUT2D eigenvalue weighted by molar-refractivity contribution is 7.12. The maximum atomic E-state index is 14.0. The smallest absolute Gasteiger partial charge is 0.353 e. The van der Waals surface area contributed by atoms with E-state index < -0.39 is 5.97 Å². The number of rotatable bonds is 7. The minimum atomic E-state index is -0.398. The summed E-state index contributed by atoms with van der Waals surface area (Å²) in [5.41, 5.74) is 7.35. The Balaban J connectivity index is 1.57. The van der Waals surface area contributed by atoms with E-state index in [1.165, 1.54) is 23.5 Å². The van der Waals surface area contributed by atoms with Gasteiger partial charge in [0, 0.05) is 34.5 Å². The van der Waals surface area contributed by atoms with Crippen molar-refractivity contribution in [3.63, 3.8) is 0 Å². The average Bonchev–Trinajstić information content (AvgIpc) is 3.34. The van der Waals surface area contributed by atoms with Gasteiger partial charge < -0.3 is 19.5 Å². The minimum Gasteiger partial charge on any atom is -0.496 e. The van der Waals surface area contributed by atoms with Crippen molar-refractivity contribution >= 4 is 28.6 Å². The topological polar surface area (TPSA) is 56.8 Å². The lowest BCUT2D eigenvalue weighted by Gasteiger charge is -2.33. The van der Waals surface area contributed by atoms with Crippen LogP contribution in [0.3, 0.4) is 0 Å². The summed E-state index contributed by atoms with van der Waals surface area (Å²) in [6.07, 6.45) is 2.20. The van der Waals surface area contributed by atoms with E-state index in [-0.39, 0.29) is 18.0 Å². The van der Waals surface area contributed by atoms with Crippen LogP contribution in [0.5, 0.6) is 17.2 Å². The summed E-state index contributed by atoms with van der Waals surface area (Å²) in [4.78, 5) is 13.3. The van der Waals surface area contributed by atoms with Gasteiger partial charge in [-0.2, -0.15) is 0 Å². The van der Waals surface area contributed by atoms with E-state index in [1.807, 2.05) is 37.4 Å². The Bertz CT molecular complexity index is 1640. The minimum absolute atomic E-state index is 0.208. The fourth-order valence-electron chi connectivity index (χ4n) is 5.17. The summed E-state index contributed by atoms with van der Waals surface area (Å²) in [6.45, 7) is 10.3. The summed E-state index contributed by atoms with van der Waals surface area (Å²) in [5.74, 6) is 0.698. The van der Waals surface area contributed by atoms with Crippen LogP contribution in [0.25, 0.3) is 16.7 Å². The Hall–Kier alpha value is -4.10. The third kappa shape index (κ3) is 5.47. The average molecular weight is 558 g/mol. The number of ether oxygens (including phenoxy) is 3. The number of thiophene rings is 1. The Labute approximate surface area is 238 Å². The van der Waals surface area contributed by atoms with Crippen molar-refractivity contribution in [2.45, 2.75) is 46.8 Å².